The number of likely N-dealkylation sites (N-methyl/N-ethyl adjacent to an activating group) is 1. The largest absolute Gasteiger partial charge is 0.486 e. The summed E-state index contributed by atoms with van der Waals surface area (Å²) in [5.41, 5.74) is 2.05. The minimum Gasteiger partial charge on any atom is -0.486 e. The molecule has 1 aromatic carbocycles. The molecule has 0 spiro atoms. The van der Waals surface area contributed by atoms with Crippen molar-refractivity contribution >= 4 is 17.2 Å². The first kappa shape index (κ1) is 17.9. The van der Waals surface area contributed by atoms with Crippen molar-refractivity contribution in [1.29, 1.82) is 0 Å². The van der Waals surface area contributed by atoms with Gasteiger partial charge in [-0.15, -0.1) is 11.3 Å². The third kappa shape index (κ3) is 5.03. The van der Waals surface area contributed by atoms with Crippen LogP contribution in [0.15, 0.2) is 29.6 Å². The molecule has 134 valence electrons. The Labute approximate surface area is 153 Å². The van der Waals surface area contributed by atoms with Gasteiger partial charge in [0.15, 0.2) is 0 Å². The van der Waals surface area contributed by atoms with Gasteiger partial charge in [0.05, 0.1) is 12.1 Å². The Morgan fingerprint density at radius 1 is 1.20 bits per heavy atom. The summed E-state index contributed by atoms with van der Waals surface area (Å²) in [5.74, 6) is 1.01. The van der Waals surface area contributed by atoms with Crippen LogP contribution in [0.2, 0.25) is 0 Å². The minimum absolute atomic E-state index is 0.173. The highest BCUT2D eigenvalue weighted by atomic mass is 32.1. The van der Waals surface area contributed by atoms with Gasteiger partial charge in [-0.1, -0.05) is 24.6 Å². The van der Waals surface area contributed by atoms with Crippen LogP contribution in [0.3, 0.4) is 0 Å². The molecule has 0 aliphatic carbocycles. The summed E-state index contributed by atoms with van der Waals surface area (Å²) < 4.78 is 5.75. The zero-order valence-electron chi connectivity index (χ0n) is 14.9. The van der Waals surface area contributed by atoms with Crippen LogP contribution in [0.5, 0.6) is 5.75 Å². The van der Waals surface area contributed by atoms with Crippen molar-refractivity contribution in [2.24, 2.45) is 0 Å². The van der Waals surface area contributed by atoms with E-state index < -0.39 is 0 Å². The highest BCUT2D eigenvalue weighted by Gasteiger charge is 2.21. The van der Waals surface area contributed by atoms with Crippen molar-refractivity contribution < 1.29 is 9.53 Å². The smallest absolute Gasteiger partial charge is 0.228 e. The van der Waals surface area contributed by atoms with E-state index in [1.165, 1.54) is 5.56 Å². The molecule has 1 aliphatic heterocycles. The lowest BCUT2D eigenvalue weighted by molar-refractivity contribution is -0.132. The Morgan fingerprint density at radius 2 is 1.92 bits per heavy atom. The lowest BCUT2D eigenvalue weighted by Gasteiger charge is -2.34. The molecule has 6 heteroatoms. The highest BCUT2D eigenvalue weighted by molar-refractivity contribution is 7.09. The number of hydrogen-bond donors (Lipinski definition) is 0. The van der Waals surface area contributed by atoms with E-state index in [1.54, 1.807) is 11.3 Å². The lowest BCUT2D eigenvalue weighted by Crippen LogP contribution is -2.48. The molecule has 1 fully saturated rings. The third-order valence-electron chi connectivity index (χ3n) is 4.49. The van der Waals surface area contributed by atoms with E-state index in [9.17, 15) is 4.79 Å². The molecule has 0 radical (unpaired) electrons. The SMILES string of the molecule is CCN1CCN(C(=O)Cc2csc(COc3ccc(C)cc3)n2)CC1. The Kier molecular flexibility index (Phi) is 6.04. The van der Waals surface area contributed by atoms with E-state index in [0.717, 1.165) is 49.2 Å². The second kappa shape index (κ2) is 8.45. The van der Waals surface area contributed by atoms with Crippen LogP contribution < -0.4 is 4.74 Å². The summed E-state index contributed by atoms with van der Waals surface area (Å²) in [6.07, 6.45) is 0.382. The molecule has 1 aromatic heterocycles. The fraction of sp³-hybridized carbons (Fsp3) is 0.474. The number of aromatic nitrogens is 1. The summed E-state index contributed by atoms with van der Waals surface area (Å²) in [5, 5.41) is 2.87. The van der Waals surface area contributed by atoms with E-state index in [0.29, 0.717) is 13.0 Å². The van der Waals surface area contributed by atoms with Gasteiger partial charge in [0.1, 0.15) is 17.4 Å². The summed E-state index contributed by atoms with van der Waals surface area (Å²) >= 11 is 1.55. The average Bonchev–Trinajstić information content (AvgIpc) is 3.08. The maximum atomic E-state index is 12.4. The van der Waals surface area contributed by atoms with Crippen molar-refractivity contribution in [3.8, 4) is 5.75 Å². The highest BCUT2D eigenvalue weighted by Crippen LogP contribution is 2.17. The number of piperazine rings is 1. The van der Waals surface area contributed by atoms with Crippen LogP contribution in [-0.2, 0) is 17.8 Å². The topological polar surface area (TPSA) is 45.7 Å². The monoisotopic (exact) mass is 359 g/mol. The van der Waals surface area contributed by atoms with Gasteiger partial charge in [-0.3, -0.25) is 4.79 Å². The van der Waals surface area contributed by atoms with Crippen LogP contribution in [0.1, 0.15) is 23.2 Å². The van der Waals surface area contributed by atoms with Crippen molar-refractivity contribution in [1.82, 2.24) is 14.8 Å². The van der Waals surface area contributed by atoms with Crippen molar-refractivity contribution in [3.63, 3.8) is 0 Å². The number of benzene rings is 1. The first-order chi connectivity index (χ1) is 12.1. The molecular weight excluding hydrogens is 334 g/mol. The van der Waals surface area contributed by atoms with E-state index >= 15 is 0 Å². The summed E-state index contributed by atoms with van der Waals surface area (Å²) in [6.45, 7) is 9.28. The van der Waals surface area contributed by atoms with E-state index in [2.05, 4.69) is 23.7 Å². The molecule has 2 aromatic rings. The predicted octanol–water partition coefficient (Wildman–Crippen LogP) is 2.74. The number of amides is 1. The number of rotatable bonds is 6. The van der Waals surface area contributed by atoms with Gasteiger partial charge in [0, 0.05) is 31.6 Å². The van der Waals surface area contributed by atoms with Crippen LogP contribution >= 0.6 is 11.3 Å². The van der Waals surface area contributed by atoms with Crippen LogP contribution in [-0.4, -0.2) is 53.4 Å². The average molecular weight is 359 g/mol. The summed E-state index contributed by atoms with van der Waals surface area (Å²) in [7, 11) is 0. The van der Waals surface area contributed by atoms with Crippen molar-refractivity contribution in [2.75, 3.05) is 32.7 Å². The molecule has 3 rings (SSSR count). The van der Waals surface area contributed by atoms with Crippen LogP contribution in [0, 0.1) is 6.92 Å². The van der Waals surface area contributed by atoms with Crippen LogP contribution in [0.25, 0.3) is 0 Å². The third-order valence-corrected chi connectivity index (χ3v) is 5.36. The Bertz CT molecular complexity index is 691. The quantitative estimate of drug-likeness (QED) is 0.796. The zero-order valence-corrected chi connectivity index (χ0v) is 15.7. The second-order valence-corrected chi connectivity index (χ2v) is 7.27. The number of carbonyl (C=O) groups is 1. The molecule has 0 N–H and O–H groups in total. The molecule has 1 saturated heterocycles. The Morgan fingerprint density at radius 3 is 2.60 bits per heavy atom. The number of carbonyl (C=O) groups excluding carboxylic acids is 1. The maximum Gasteiger partial charge on any atom is 0.228 e. The maximum absolute atomic E-state index is 12.4. The van der Waals surface area contributed by atoms with E-state index in [1.807, 2.05) is 34.5 Å². The number of aryl methyl sites for hydroxylation is 1. The molecular formula is C19H25N3O2S. The molecule has 2 heterocycles. The predicted molar refractivity (Wildman–Crippen MR) is 100 cm³/mol. The minimum atomic E-state index is 0.173. The number of hydrogen-bond acceptors (Lipinski definition) is 5. The standard InChI is InChI=1S/C19H25N3O2S/c1-3-21-8-10-22(11-9-21)19(23)12-16-14-25-18(20-16)13-24-17-6-4-15(2)5-7-17/h4-7,14H,3,8-13H2,1-2H3. The molecule has 25 heavy (non-hydrogen) atoms. The molecule has 1 aliphatic rings. The number of ether oxygens (including phenoxy) is 1. The molecule has 1 amide bonds. The molecule has 0 bridgehead atoms. The fourth-order valence-corrected chi connectivity index (χ4v) is 3.56. The van der Waals surface area contributed by atoms with Crippen LogP contribution in [0.4, 0.5) is 0 Å². The van der Waals surface area contributed by atoms with Crippen molar-refractivity contribution in [2.45, 2.75) is 26.9 Å². The lowest BCUT2D eigenvalue weighted by atomic mass is 10.2. The summed E-state index contributed by atoms with van der Waals surface area (Å²) in [4.78, 5) is 21.3. The Balaban J connectivity index is 1.48. The van der Waals surface area contributed by atoms with Gasteiger partial charge in [-0.2, -0.15) is 0 Å². The van der Waals surface area contributed by atoms with E-state index in [-0.39, 0.29) is 5.91 Å². The van der Waals surface area contributed by atoms with Gasteiger partial charge in [-0.05, 0) is 25.6 Å². The van der Waals surface area contributed by atoms with Gasteiger partial charge < -0.3 is 14.5 Å². The van der Waals surface area contributed by atoms with E-state index in [4.69, 9.17) is 4.74 Å². The van der Waals surface area contributed by atoms with Gasteiger partial charge in [0.25, 0.3) is 0 Å². The first-order valence-electron chi connectivity index (χ1n) is 8.77. The van der Waals surface area contributed by atoms with Gasteiger partial charge in [-0.25, -0.2) is 4.98 Å². The molecule has 0 saturated carbocycles. The second-order valence-electron chi connectivity index (χ2n) is 6.33. The summed E-state index contributed by atoms with van der Waals surface area (Å²) in [6, 6.07) is 7.98. The molecule has 0 atom stereocenters. The molecule has 0 unspecified atom stereocenters. The van der Waals surface area contributed by atoms with Gasteiger partial charge >= 0.3 is 0 Å². The normalized spacial score (nSPS) is 15.4. The van der Waals surface area contributed by atoms with Gasteiger partial charge in [0.2, 0.25) is 5.91 Å². The first-order valence-corrected chi connectivity index (χ1v) is 9.65. The zero-order chi connectivity index (χ0) is 17.6. The number of nitrogens with zero attached hydrogens (tertiary/aromatic N) is 3. The number of thiazole rings is 1. The Hall–Kier alpha value is -1.92. The van der Waals surface area contributed by atoms with Crippen molar-refractivity contribution in [3.05, 3.63) is 45.9 Å². The fourth-order valence-electron chi connectivity index (χ4n) is 2.86. The molecule has 5 nitrogen and oxygen atoms in total.